The molecule has 0 aromatic heterocycles. The molecule has 3 heteroatoms. The van der Waals surface area contributed by atoms with Gasteiger partial charge in [-0.3, -0.25) is 4.84 Å². The molecule has 3 nitrogen and oxygen atoms in total. The summed E-state index contributed by atoms with van der Waals surface area (Å²) in [6.07, 6.45) is 0.318. The lowest BCUT2D eigenvalue weighted by Gasteiger charge is -2.27. The van der Waals surface area contributed by atoms with Crippen LogP contribution in [0.25, 0.3) is 0 Å². The summed E-state index contributed by atoms with van der Waals surface area (Å²) in [6.45, 7) is 8.24. The smallest absolute Gasteiger partial charge is 0.0737 e. The number of rotatable bonds is 2. The van der Waals surface area contributed by atoms with Crippen molar-refractivity contribution < 1.29 is 4.84 Å². The van der Waals surface area contributed by atoms with Crippen molar-refractivity contribution in [2.24, 2.45) is 0 Å². The molecule has 0 amide bonds. The van der Waals surface area contributed by atoms with E-state index in [0.717, 1.165) is 26.2 Å². The van der Waals surface area contributed by atoms with Crippen LogP contribution in [0.15, 0.2) is 0 Å². The normalized spacial score (nSPS) is 21.9. The molecule has 60 valence electrons. The van der Waals surface area contributed by atoms with Crippen LogP contribution in [-0.2, 0) is 4.84 Å². The lowest BCUT2D eigenvalue weighted by Crippen LogP contribution is -2.44. The molecule has 0 atom stereocenters. The van der Waals surface area contributed by atoms with Crippen LogP contribution in [0.4, 0.5) is 0 Å². The van der Waals surface area contributed by atoms with Crippen molar-refractivity contribution in [3.8, 4) is 0 Å². The number of hydroxylamine groups is 2. The average Bonchev–Trinajstić information content (AvgIpc) is 1.88. The minimum Gasteiger partial charge on any atom is -0.314 e. The van der Waals surface area contributed by atoms with E-state index in [2.05, 4.69) is 19.2 Å². The van der Waals surface area contributed by atoms with Gasteiger partial charge in [0.1, 0.15) is 0 Å². The molecular weight excluding hydrogens is 128 g/mol. The Morgan fingerprint density at radius 2 is 1.90 bits per heavy atom. The fourth-order valence-corrected chi connectivity index (χ4v) is 1.05. The van der Waals surface area contributed by atoms with E-state index in [1.807, 2.05) is 5.06 Å². The van der Waals surface area contributed by atoms with Gasteiger partial charge < -0.3 is 5.32 Å². The summed E-state index contributed by atoms with van der Waals surface area (Å²) in [6, 6.07) is 0. The molecule has 1 heterocycles. The first-order chi connectivity index (χ1) is 4.79. The van der Waals surface area contributed by atoms with Gasteiger partial charge in [0.25, 0.3) is 0 Å². The van der Waals surface area contributed by atoms with Gasteiger partial charge in [-0.2, -0.15) is 5.06 Å². The minimum absolute atomic E-state index is 0.318. The van der Waals surface area contributed by atoms with Gasteiger partial charge in [0.15, 0.2) is 0 Å². The summed E-state index contributed by atoms with van der Waals surface area (Å²) < 4.78 is 0. The maximum atomic E-state index is 5.48. The SMILES string of the molecule is CC(C)ON1CCNCC1. The summed E-state index contributed by atoms with van der Waals surface area (Å²) in [5.74, 6) is 0. The fourth-order valence-electron chi connectivity index (χ4n) is 1.05. The van der Waals surface area contributed by atoms with Crippen LogP contribution in [-0.4, -0.2) is 37.3 Å². The zero-order valence-electron chi connectivity index (χ0n) is 6.76. The van der Waals surface area contributed by atoms with E-state index in [4.69, 9.17) is 4.84 Å². The van der Waals surface area contributed by atoms with Gasteiger partial charge >= 0.3 is 0 Å². The predicted molar refractivity (Wildman–Crippen MR) is 40.7 cm³/mol. The zero-order valence-corrected chi connectivity index (χ0v) is 6.76. The fraction of sp³-hybridized carbons (Fsp3) is 1.00. The van der Waals surface area contributed by atoms with Gasteiger partial charge in [0, 0.05) is 26.2 Å². The third-order valence-corrected chi connectivity index (χ3v) is 1.44. The van der Waals surface area contributed by atoms with Crippen molar-refractivity contribution in [2.75, 3.05) is 26.2 Å². The third kappa shape index (κ3) is 2.64. The van der Waals surface area contributed by atoms with Gasteiger partial charge in [0.2, 0.25) is 0 Å². The first kappa shape index (κ1) is 7.98. The Labute approximate surface area is 62.3 Å². The van der Waals surface area contributed by atoms with E-state index in [1.54, 1.807) is 0 Å². The molecule has 0 spiro atoms. The van der Waals surface area contributed by atoms with Crippen molar-refractivity contribution in [2.45, 2.75) is 20.0 Å². The molecule has 0 saturated carbocycles. The molecule has 0 aromatic carbocycles. The quantitative estimate of drug-likeness (QED) is 0.600. The topological polar surface area (TPSA) is 24.5 Å². The van der Waals surface area contributed by atoms with Crippen molar-refractivity contribution in [3.63, 3.8) is 0 Å². The number of nitrogens with one attached hydrogen (secondary N) is 1. The van der Waals surface area contributed by atoms with Crippen molar-refractivity contribution in [3.05, 3.63) is 0 Å². The van der Waals surface area contributed by atoms with Crippen molar-refractivity contribution >= 4 is 0 Å². The molecule has 0 aromatic rings. The number of piperazine rings is 1. The molecule has 0 aliphatic carbocycles. The summed E-state index contributed by atoms with van der Waals surface area (Å²) in [7, 11) is 0. The van der Waals surface area contributed by atoms with Crippen molar-refractivity contribution in [1.82, 2.24) is 10.4 Å². The Hall–Kier alpha value is -0.120. The van der Waals surface area contributed by atoms with E-state index in [1.165, 1.54) is 0 Å². The van der Waals surface area contributed by atoms with Gasteiger partial charge in [-0.25, -0.2) is 0 Å². The molecule has 1 fully saturated rings. The van der Waals surface area contributed by atoms with Crippen LogP contribution in [0.2, 0.25) is 0 Å². The van der Waals surface area contributed by atoms with Gasteiger partial charge in [-0.1, -0.05) is 0 Å². The standard InChI is InChI=1S/C7H16N2O/c1-7(2)10-9-5-3-8-4-6-9/h7-8H,3-6H2,1-2H3. The maximum Gasteiger partial charge on any atom is 0.0737 e. The highest BCUT2D eigenvalue weighted by Crippen LogP contribution is 1.97. The lowest BCUT2D eigenvalue weighted by atomic mass is 10.4. The predicted octanol–water partition coefficient (Wildman–Crippen LogP) is 0.232. The highest BCUT2D eigenvalue weighted by atomic mass is 16.7. The molecule has 0 bridgehead atoms. The minimum atomic E-state index is 0.318. The third-order valence-electron chi connectivity index (χ3n) is 1.44. The Balaban J connectivity index is 2.13. The van der Waals surface area contributed by atoms with Crippen LogP contribution in [0.1, 0.15) is 13.8 Å². The van der Waals surface area contributed by atoms with E-state index < -0.39 is 0 Å². The van der Waals surface area contributed by atoms with Crippen LogP contribution < -0.4 is 5.32 Å². The highest BCUT2D eigenvalue weighted by Gasteiger charge is 2.10. The number of hydrogen-bond donors (Lipinski definition) is 1. The van der Waals surface area contributed by atoms with E-state index in [-0.39, 0.29) is 0 Å². The second kappa shape index (κ2) is 3.91. The molecule has 1 saturated heterocycles. The molecule has 1 N–H and O–H groups in total. The van der Waals surface area contributed by atoms with Gasteiger partial charge in [-0.15, -0.1) is 0 Å². The molecule has 10 heavy (non-hydrogen) atoms. The summed E-state index contributed by atoms with van der Waals surface area (Å²) in [5, 5.41) is 5.30. The average molecular weight is 144 g/mol. The van der Waals surface area contributed by atoms with Crippen LogP contribution >= 0.6 is 0 Å². The molecule has 1 aliphatic rings. The van der Waals surface area contributed by atoms with Crippen LogP contribution in [0.3, 0.4) is 0 Å². The molecule has 1 rings (SSSR count). The largest absolute Gasteiger partial charge is 0.314 e. The molecule has 1 aliphatic heterocycles. The number of hydrogen-bond acceptors (Lipinski definition) is 3. The lowest BCUT2D eigenvalue weighted by molar-refractivity contribution is -0.191. The van der Waals surface area contributed by atoms with Gasteiger partial charge in [0.05, 0.1) is 6.10 Å². The van der Waals surface area contributed by atoms with E-state index >= 15 is 0 Å². The second-order valence-electron chi connectivity index (χ2n) is 2.83. The molecule has 0 radical (unpaired) electrons. The van der Waals surface area contributed by atoms with Crippen molar-refractivity contribution in [1.29, 1.82) is 0 Å². The summed E-state index contributed by atoms with van der Waals surface area (Å²) in [4.78, 5) is 5.48. The van der Waals surface area contributed by atoms with Crippen LogP contribution in [0.5, 0.6) is 0 Å². The highest BCUT2D eigenvalue weighted by molar-refractivity contribution is 4.60. The Morgan fingerprint density at radius 1 is 1.30 bits per heavy atom. The summed E-state index contributed by atoms with van der Waals surface area (Å²) >= 11 is 0. The first-order valence-corrected chi connectivity index (χ1v) is 3.91. The Kier molecular flexibility index (Phi) is 3.12. The Morgan fingerprint density at radius 3 is 2.40 bits per heavy atom. The molecule has 0 unspecified atom stereocenters. The maximum absolute atomic E-state index is 5.48. The molecular formula is C7H16N2O. The summed E-state index contributed by atoms with van der Waals surface area (Å²) in [5.41, 5.74) is 0. The monoisotopic (exact) mass is 144 g/mol. The Bertz CT molecular complexity index is 89.6. The van der Waals surface area contributed by atoms with E-state index in [0.29, 0.717) is 6.10 Å². The zero-order chi connectivity index (χ0) is 7.40. The van der Waals surface area contributed by atoms with E-state index in [9.17, 15) is 0 Å². The second-order valence-corrected chi connectivity index (χ2v) is 2.83. The van der Waals surface area contributed by atoms with Crippen LogP contribution in [0, 0.1) is 0 Å². The first-order valence-electron chi connectivity index (χ1n) is 3.91. The van der Waals surface area contributed by atoms with Gasteiger partial charge in [-0.05, 0) is 13.8 Å². The number of nitrogens with zero attached hydrogens (tertiary/aromatic N) is 1.